The van der Waals surface area contributed by atoms with E-state index in [1.165, 1.54) is 19.2 Å². The summed E-state index contributed by atoms with van der Waals surface area (Å²) in [4.78, 5) is 24.9. The van der Waals surface area contributed by atoms with Gasteiger partial charge in [0.25, 0.3) is 0 Å². The van der Waals surface area contributed by atoms with E-state index in [4.69, 9.17) is 23.2 Å². The molecule has 1 amide bonds. The van der Waals surface area contributed by atoms with Crippen LogP contribution in [0.25, 0.3) is 0 Å². The molecule has 1 N–H and O–H groups in total. The van der Waals surface area contributed by atoms with Crippen molar-refractivity contribution in [2.75, 3.05) is 5.32 Å². The highest BCUT2D eigenvalue weighted by Crippen LogP contribution is 2.24. The Balaban J connectivity index is 2.87. The normalized spacial score (nSPS) is 9.53. The third-order valence-electron chi connectivity index (χ3n) is 1.31. The van der Waals surface area contributed by atoms with Gasteiger partial charge in [-0.3, -0.25) is 4.79 Å². The third kappa shape index (κ3) is 3.73. The average molecular weight is 249 g/mol. The van der Waals surface area contributed by atoms with Crippen LogP contribution >= 0.6 is 23.2 Å². The summed E-state index contributed by atoms with van der Waals surface area (Å²) in [5.74, 6) is -0.000807. The van der Waals surface area contributed by atoms with Crippen LogP contribution in [0.2, 0.25) is 5.02 Å². The molecular formula is C8H6Cl2N2O3. The van der Waals surface area contributed by atoms with Crippen LogP contribution in [-0.4, -0.2) is 16.3 Å². The highest BCUT2D eigenvalue weighted by atomic mass is 35.5. The topological polar surface area (TPSA) is 68.3 Å². The average Bonchev–Trinajstić information content (AvgIpc) is 2.08. The van der Waals surface area contributed by atoms with Crippen molar-refractivity contribution >= 4 is 40.4 Å². The van der Waals surface area contributed by atoms with E-state index in [1.54, 1.807) is 0 Å². The highest BCUT2D eigenvalue weighted by Gasteiger charge is 2.07. The molecule has 0 radical (unpaired) electrons. The summed E-state index contributed by atoms with van der Waals surface area (Å²) < 4.78 is 4.52. The van der Waals surface area contributed by atoms with Crippen LogP contribution in [0.4, 0.5) is 10.6 Å². The van der Waals surface area contributed by atoms with E-state index in [1.807, 2.05) is 0 Å². The smallest absolute Gasteiger partial charge is 0.409 e. The number of amides is 1. The second-order valence-corrected chi connectivity index (χ2v) is 3.24. The molecule has 0 aliphatic rings. The standard InChI is InChI=1S/C8H6Cl2N2O3/c1-4(13)12-7-6(9)2-5(3-11-7)15-8(10)14/h2-3H,1H3,(H,11,12,13). The fraction of sp³-hybridized carbons (Fsp3) is 0.125. The van der Waals surface area contributed by atoms with Crippen LogP contribution in [-0.2, 0) is 4.79 Å². The molecule has 0 saturated heterocycles. The van der Waals surface area contributed by atoms with Crippen LogP contribution in [0.5, 0.6) is 5.75 Å². The molecule has 80 valence electrons. The summed E-state index contributed by atoms with van der Waals surface area (Å²) in [6.45, 7) is 1.32. The van der Waals surface area contributed by atoms with Crippen molar-refractivity contribution in [3.8, 4) is 5.75 Å². The number of aromatic nitrogens is 1. The molecule has 0 spiro atoms. The van der Waals surface area contributed by atoms with Crippen molar-refractivity contribution in [1.82, 2.24) is 4.98 Å². The van der Waals surface area contributed by atoms with Crippen LogP contribution < -0.4 is 10.1 Å². The van der Waals surface area contributed by atoms with Crippen molar-refractivity contribution in [3.05, 3.63) is 17.3 Å². The van der Waals surface area contributed by atoms with Gasteiger partial charge in [-0.15, -0.1) is 0 Å². The molecule has 0 unspecified atom stereocenters. The van der Waals surface area contributed by atoms with E-state index >= 15 is 0 Å². The molecule has 1 aromatic rings. The number of carbonyl (C=O) groups is 2. The second-order valence-electron chi connectivity index (χ2n) is 2.52. The number of halogens is 2. The first kappa shape index (κ1) is 11.7. The van der Waals surface area contributed by atoms with Crippen molar-refractivity contribution < 1.29 is 14.3 Å². The Morgan fingerprint density at radius 1 is 1.53 bits per heavy atom. The Bertz CT molecular complexity index is 409. The van der Waals surface area contributed by atoms with Gasteiger partial charge < -0.3 is 10.1 Å². The Kier molecular flexibility index (Phi) is 3.88. The number of carbonyl (C=O) groups excluding carboxylic acids is 2. The van der Waals surface area contributed by atoms with E-state index in [-0.39, 0.29) is 22.5 Å². The maximum Gasteiger partial charge on any atom is 0.409 e. The second kappa shape index (κ2) is 4.95. The molecular weight excluding hydrogens is 243 g/mol. The number of rotatable bonds is 2. The number of nitrogens with one attached hydrogen (secondary N) is 1. The van der Waals surface area contributed by atoms with Crippen molar-refractivity contribution in [1.29, 1.82) is 0 Å². The molecule has 0 atom stereocenters. The maximum absolute atomic E-state index is 10.7. The highest BCUT2D eigenvalue weighted by molar-refractivity contribution is 6.61. The predicted molar refractivity (Wildman–Crippen MR) is 55.4 cm³/mol. The van der Waals surface area contributed by atoms with Crippen molar-refractivity contribution in [3.63, 3.8) is 0 Å². The molecule has 1 heterocycles. The van der Waals surface area contributed by atoms with Crippen molar-refractivity contribution in [2.45, 2.75) is 6.92 Å². The van der Waals surface area contributed by atoms with Gasteiger partial charge in [0.2, 0.25) is 5.91 Å². The summed E-state index contributed by atoms with van der Waals surface area (Å²) >= 11 is 10.7. The minimum atomic E-state index is -0.986. The largest absolute Gasteiger partial charge is 0.413 e. The molecule has 0 aliphatic heterocycles. The summed E-state index contributed by atoms with van der Waals surface area (Å²) in [6, 6.07) is 1.32. The zero-order chi connectivity index (χ0) is 11.4. The molecule has 1 rings (SSSR count). The third-order valence-corrected chi connectivity index (χ3v) is 1.67. The fourth-order valence-corrected chi connectivity index (χ4v) is 1.12. The molecule has 0 aromatic carbocycles. The van der Waals surface area contributed by atoms with Crippen molar-refractivity contribution in [2.24, 2.45) is 0 Å². The number of nitrogens with zero attached hydrogens (tertiary/aromatic N) is 1. The van der Waals surface area contributed by atoms with Gasteiger partial charge in [0.05, 0.1) is 11.2 Å². The minimum Gasteiger partial charge on any atom is -0.413 e. The van der Waals surface area contributed by atoms with Crippen LogP contribution in [0.3, 0.4) is 0 Å². The SMILES string of the molecule is CC(=O)Nc1ncc(OC(=O)Cl)cc1Cl. The van der Waals surface area contributed by atoms with Gasteiger partial charge in [-0.05, 0) is 0 Å². The molecule has 0 fully saturated rings. The predicted octanol–water partition coefficient (Wildman–Crippen LogP) is 2.43. The van der Waals surface area contributed by atoms with Gasteiger partial charge in [0.1, 0.15) is 0 Å². The van der Waals surface area contributed by atoms with Gasteiger partial charge >= 0.3 is 5.43 Å². The fourth-order valence-electron chi connectivity index (χ4n) is 0.828. The molecule has 7 heteroatoms. The lowest BCUT2D eigenvalue weighted by Gasteiger charge is -2.05. The molecule has 1 aromatic heterocycles. The summed E-state index contributed by atoms with van der Waals surface area (Å²) in [5, 5.41) is 2.55. The first-order chi connectivity index (χ1) is 6.99. The lowest BCUT2D eigenvalue weighted by molar-refractivity contribution is -0.114. The zero-order valence-corrected chi connectivity index (χ0v) is 9.09. The Morgan fingerprint density at radius 3 is 2.67 bits per heavy atom. The van der Waals surface area contributed by atoms with Gasteiger partial charge in [-0.2, -0.15) is 0 Å². The summed E-state index contributed by atoms with van der Waals surface area (Å²) in [7, 11) is 0. The van der Waals surface area contributed by atoms with E-state index in [0.717, 1.165) is 0 Å². The number of hydrogen-bond donors (Lipinski definition) is 1. The molecule has 0 bridgehead atoms. The number of anilines is 1. The minimum absolute atomic E-state index is 0.106. The van der Waals surface area contributed by atoms with E-state index in [9.17, 15) is 9.59 Å². The monoisotopic (exact) mass is 248 g/mol. The van der Waals surface area contributed by atoms with Gasteiger partial charge in [-0.25, -0.2) is 9.78 Å². The molecule has 15 heavy (non-hydrogen) atoms. The number of ether oxygens (including phenoxy) is 1. The lowest BCUT2D eigenvalue weighted by atomic mass is 10.4. The van der Waals surface area contributed by atoms with E-state index in [2.05, 4.69) is 15.0 Å². The Labute approximate surface area is 95.3 Å². The number of pyridine rings is 1. The van der Waals surface area contributed by atoms with Gasteiger partial charge in [0, 0.05) is 24.6 Å². The van der Waals surface area contributed by atoms with Gasteiger partial charge in [-0.1, -0.05) is 11.6 Å². The summed E-state index contributed by atoms with van der Waals surface area (Å²) in [5.41, 5.74) is -0.986. The first-order valence-electron chi connectivity index (χ1n) is 3.79. The molecule has 0 saturated carbocycles. The zero-order valence-electron chi connectivity index (χ0n) is 7.58. The van der Waals surface area contributed by atoms with E-state index < -0.39 is 5.43 Å². The lowest BCUT2D eigenvalue weighted by Crippen LogP contribution is -2.08. The quantitative estimate of drug-likeness (QED) is 0.817. The van der Waals surface area contributed by atoms with Crippen LogP contribution in [0.15, 0.2) is 12.3 Å². The van der Waals surface area contributed by atoms with Crippen LogP contribution in [0.1, 0.15) is 6.92 Å². The van der Waals surface area contributed by atoms with E-state index in [0.29, 0.717) is 0 Å². The van der Waals surface area contributed by atoms with Gasteiger partial charge in [0.15, 0.2) is 11.6 Å². The molecule has 0 aliphatic carbocycles. The Morgan fingerprint density at radius 2 is 2.20 bits per heavy atom. The summed E-state index contributed by atoms with van der Waals surface area (Å²) in [6.07, 6.45) is 1.22. The first-order valence-corrected chi connectivity index (χ1v) is 4.55. The Hall–Kier alpha value is -1.33. The molecule has 5 nitrogen and oxygen atoms in total. The number of hydrogen-bond acceptors (Lipinski definition) is 4. The maximum atomic E-state index is 10.7. The van der Waals surface area contributed by atoms with Crippen LogP contribution in [0, 0.1) is 0 Å².